The molecule has 2 aliphatic rings. The second-order valence-electron chi connectivity index (χ2n) is 7.58. The smallest absolute Gasteiger partial charge is 0.234 e. The fourth-order valence-corrected chi connectivity index (χ4v) is 5.28. The summed E-state index contributed by atoms with van der Waals surface area (Å²) in [6.45, 7) is 4.14. The molecule has 6 nitrogen and oxygen atoms in total. The van der Waals surface area contributed by atoms with Crippen LogP contribution in [-0.2, 0) is 14.8 Å². The van der Waals surface area contributed by atoms with Gasteiger partial charge in [-0.05, 0) is 31.2 Å². The van der Waals surface area contributed by atoms with Crippen molar-refractivity contribution >= 4 is 15.9 Å². The monoisotopic (exact) mass is 393 g/mol. The first-order valence-corrected chi connectivity index (χ1v) is 11.6. The van der Waals surface area contributed by atoms with Crippen LogP contribution in [0.15, 0.2) is 30.3 Å². The fraction of sp³-hybridized carbons (Fsp3) is 0.650. The molecule has 0 spiro atoms. The van der Waals surface area contributed by atoms with Crippen molar-refractivity contribution in [3.05, 3.63) is 35.9 Å². The van der Waals surface area contributed by atoms with Crippen LogP contribution in [0.1, 0.15) is 44.2 Å². The number of hydrogen-bond donors (Lipinski definition) is 1. The first kappa shape index (κ1) is 20.3. The molecule has 0 radical (unpaired) electrons. The number of carbonyl (C=O) groups excluding carboxylic acids is 1. The van der Waals surface area contributed by atoms with E-state index in [1.807, 2.05) is 23.1 Å². The minimum Gasteiger partial charge on any atom is -0.348 e. The fourth-order valence-electron chi connectivity index (χ4n) is 4.20. The summed E-state index contributed by atoms with van der Waals surface area (Å²) in [5.41, 5.74) is 1.18. The van der Waals surface area contributed by atoms with Crippen LogP contribution >= 0.6 is 0 Å². The number of benzene rings is 1. The molecular formula is C20H31N3O3S. The summed E-state index contributed by atoms with van der Waals surface area (Å²) in [6, 6.07) is 10.3. The molecule has 0 bridgehead atoms. The highest BCUT2D eigenvalue weighted by Gasteiger charge is 2.29. The van der Waals surface area contributed by atoms with Crippen molar-refractivity contribution in [1.29, 1.82) is 0 Å². The van der Waals surface area contributed by atoms with Crippen LogP contribution in [-0.4, -0.2) is 62.0 Å². The lowest BCUT2D eigenvalue weighted by Crippen LogP contribution is -2.51. The minimum atomic E-state index is -3.13. The van der Waals surface area contributed by atoms with E-state index in [2.05, 4.69) is 17.4 Å². The SMILES string of the molecule is CCS(=O)(=O)N1CCN(CC(=O)N[C@H](c2ccccc2)C2CCCC2)CC1. The molecule has 1 aromatic rings. The van der Waals surface area contributed by atoms with Crippen LogP contribution in [0.3, 0.4) is 0 Å². The van der Waals surface area contributed by atoms with Crippen molar-refractivity contribution in [2.75, 3.05) is 38.5 Å². The lowest BCUT2D eigenvalue weighted by molar-refractivity contribution is -0.123. The first-order chi connectivity index (χ1) is 13.0. The van der Waals surface area contributed by atoms with E-state index in [1.165, 1.54) is 22.7 Å². The Kier molecular flexibility index (Phi) is 6.89. The Bertz CT molecular complexity index is 709. The van der Waals surface area contributed by atoms with Crippen molar-refractivity contribution in [2.24, 2.45) is 5.92 Å². The van der Waals surface area contributed by atoms with Gasteiger partial charge in [0, 0.05) is 26.2 Å². The van der Waals surface area contributed by atoms with Crippen LogP contribution in [0.4, 0.5) is 0 Å². The van der Waals surface area contributed by atoms with Crippen LogP contribution in [0.5, 0.6) is 0 Å². The lowest BCUT2D eigenvalue weighted by Gasteiger charge is -2.34. The largest absolute Gasteiger partial charge is 0.348 e. The Morgan fingerprint density at radius 3 is 2.33 bits per heavy atom. The molecule has 1 saturated heterocycles. The Morgan fingerprint density at radius 1 is 1.11 bits per heavy atom. The number of nitrogens with one attached hydrogen (secondary N) is 1. The van der Waals surface area contributed by atoms with Crippen LogP contribution in [0.2, 0.25) is 0 Å². The molecule has 2 fully saturated rings. The van der Waals surface area contributed by atoms with Gasteiger partial charge in [-0.1, -0.05) is 43.2 Å². The van der Waals surface area contributed by atoms with Crippen LogP contribution in [0, 0.1) is 5.92 Å². The van der Waals surface area contributed by atoms with Crippen LogP contribution in [0.25, 0.3) is 0 Å². The molecule has 1 aliphatic heterocycles. The maximum atomic E-state index is 12.7. The Labute approximate surface area is 163 Å². The molecule has 7 heteroatoms. The number of piperazine rings is 1. The molecule has 1 saturated carbocycles. The molecular weight excluding hydrogens is 362 g/mol. The van der Waals surface area contributed by atoms with Gasteiger partial charge < -0.3 is 5.32 Å². The highest BCUT2D eigenvalue weighted by atomic mass is 32.2. The highest BCUT2D eigenvalue weighted by molar-refractivity contribution is 7.89. The summed E-state index contributed by atoms with van der Waals surface area (Å²) in [5, 5.41) is 3.26. The molecule has 1 heterocycles. The van der Waals surface area contributed by atoms with Gasteiger partial charge in [0.15, 0.2) is 0 Å². The quantitative estimate of drug-likeness (QED) is 0.769. The first-order valence-electron chi connectivity index (χ1n) is 10.0. The molecule has 150 valence electrons. The predicted molar refractivity (Wildman–Crippen MR) is 107 cm³/mol. The minimum absolute atomic E-state index is 0.0301. The van der Waals surface area contributed by atoms with Crippen molar-refractivity contribution in [1.82, 2.24) is 14.5 Å². The normalized spacial score (nSPS) is 21.2. The lowest BCUT2D eigenvalue weighted by atomic mass is 9.91. The van der Waals surface area contributed by atoms with Gasteiger partial charge in [-0.15, -0.1) is 0 Å². The number of carbonyl (C=O) groups is 1. The van der Waals surface area contributed by atoms with E-state index in [4.69, 9.17) is 0 Å². The van der Waals surface area contributed by atoms with Gasteiger partial charge in [-0.2, -0.15) is 4.31 Å². The van der Waals surface area contributed by atoms with Gasteiger partial charge >= 0.3 is 0 Å². The number of rotatable bonds is 7. The standard InChI is InChI=1S/C20H31N3O3S/c1-2-27(25,26)23-14-12-22(13-15-23)16-19(24)21-20(18-10-6-7-11-18)17-8-4-3-5-9-17/h3-5,8-9,18,20H,2,6-7,10-16H2,1H3,(H,21,24)/t20-/m1/s1. The summed E-state index contributed by atoms with van der Waals surface area (Å²) < 4.78 is 25.5. The van der Waals surface area contributed by atoms with Crippen molar-refractivity contribution < 1.29 is 13.2 Å². The van der Waals surface area contributed by atoms with E-state index in [1.54, 1.807) is 6.92 Å². The summed E-state index contributed by atoms with van der Waals surface area (Å²) in [4.78, 5) is 14.8. The average molecular weight is 394 g/mol. The Balaban J connectivity index is 1.56. The number of nitrogens with zero attached hydrogens (tertiary/aromatic N) is 2. The second-order valence-corrected chi connectivity index (χ2v) is 9.83. The molecule has 3 rings (SSSR count). The van der Waals surface area contributed by atoms with Crippen molar-refractivity contribution in [3.63, 3.8) is 0 Å². The third kappa shape index (κ3) is 5.30. The van der Waals surface area contributed by atoms with Crippen molar-refractivity contribution in [3.8, 4) is 0 Å². The van der Waals surface area contributed by atoms with Gasteiger partial charge in [0.1, 0.15) is 0 Å². The number of hydrogen-bond acceptors (Lipinski definition) is 4. The maximum absolute atomic E-state index is 12.7. The van der Waals surface area contributed by atoms with Gasteiger partial charge in [-0.25, -0.2) is 8.42 Å². The topological polar surface area (TPSA) is 69.7 Å². The zero-order chi connectivity index (χ0) is 19.3. The van der Waals surface area contributed by atoms with E-state index in [-0.39, 0.29) is 17.7 Å². The molecule has 27 heavy (non-hydrogen) atoms. The summed E-state index contributed by atoms with van der Waals surface area (Å²) in [7, 11) is -3.13. The third-order valence-corrected chi connectivity index (χ3v) is 7.68. The van der Waals surface area contributed by atoms with Gasteiger partial charge in [-0.3, -0.25) is 9.69 Å². The summed E-state index contributed by atoms with van der Waals surface area (Å²) in [6.07, 6.45) is 4.79. The van der Waals surface area contributed by atoms with E-state index in [0.29, 0.717) is 38.6 Å². The maximum Gasteiger partial charge on any atom is 0.234 e. The molecule has 1 N–H and O–H groups in total. The zero-order valence-corrected chi connectivity index (χ0v) is 17.0. The molecule has 0 aromatic heterocycles. The van der Waals surface area contributed by atoms with Crippen molar-refractivity contribution in [2.45, 2.75) is 38.6 Å². The molecule has 0 unspecified atom stereocenters. The summed E-state index contributed by atoms with van der Waals surface area (Å²) >= 11 is 0. The number of sulfonamides is 1. The molecule has 1 aliphatic carbocycles. The zero-order valence-electron chi connectivity index (χ0n) is 16.1. The molecule has 1 atom stereocenters. The van der Waals surface area contributed by atoms with E-state index in [9.17, 15) is 13.2 Å². The third-order valence-electron chi connectivity index (χ3n) is 5.80. The van der Waals surface area contributed by atoms with Crippen LogP contribution < -0.4 is 5.32 Å². The van der Waals surface area contributed by atoms with E-state index >= 15 is 0 Å². The van der Waals surface area contributed by atoms with Gasteiger partial charge in [0.05, 0.1) is 18.3 Å². The molecule has 1 aromatic carbocycles. The number of amides is 1. The van der Waals surface area contributed by atoms with Gasteiger partial charge in [0.2, 0.25) is 15.9 Å². The average Bonchev–Trinajstić information content (AvgIpc) is 3.22. The Hall–Kier alpha value is -1.44. The van der Waals surface area contributed by atoms with Gasteiger partial charge in [0.25, 0.3) is 0 Å². The van der Waals surface area contributed by atoms with E-state index in [0.717, 1.165) is 12.8 Å². The highest BCUT2D eigenvalue weighted by Crippen LogP contribution is 2.35. The second kappa shape index (κ2) is 9.17. The van der Waals surface area contributed by atoms with E-state index < -0.39 is 10.0 Å². The Morgan fingerprint density at radius 2 is 1.74 bits per heavy atom. The summed E-state index contributed by atoms with van der Waals surface area (Å²) in [5.74, 6) is 0.665. The molecule has 1 amide bonds. The predicted octanol–water partition coefficient (Wildman–Crippen LogP) is 2.00.